The zero-order chi connectivity index (χ0) is 17.2. The van der Waals surface area contributed by atoms with Gasteiger partial charge in [0.05, 0.1) is 16.0 Å². The van der Waals surface area contributed by atoms with Gasteiger partial charge < -0.3 is 10.3 Å². The minimum atomic E-state index is -0.0521. The van der Waals surface area contributed by atoms with E-state index in [9.17, 15) is 4.79 Å². The van der Waals surface area contributed by atoms with Gasteiger partial charge in [-0.05, 0) is 50.7 Å². The van der Waals surface area contributed by atoms with E-state index in [1.165, 1.54) is 11.3 Å². The number of carbonyl (C=O) groups excluding carboxylic acids is 1. The second-order valence-electron chi connectivity index (χ2n) is 6.82. The van der Waals surface area contributed by atoms with Crippen molar-refractivity contribution in [2.75, 3.05) is 6.54 Å². The highest BCUT2D eigenvalue weighted by Gasteiger charge is 2.25. The van der Waals surface area contributed by atoms with Gasteiger partial charge in [-0.1, -0.05) is 12.1 Å². The molecular weight excluding hydrogens is 332 g/mol. The standard InChI is InChI=1S/C19H22N4OS/c1-12-21-17(11-25-12)19(24)20-10-13-6-8-14(9-7-13)18-22-15-4-2-3-5-16(15)23-18/h2-5,11,13-14H,6-10H2,1H3,(H,20,24)(H,22,23). The number of fused-ring (bicyclic) bond motifs is 1. The number of benzene rings is 1. The molecule has 2 heterocycles. The first-order valence-electron chi connectivity index (χ1n) is 8.84. The van der Waals surface area contributed by atoms with Gasteiger partial charge in [-0.2, -0.15) is 0 Å². The Labute approximate surface area is 150 Å². The summed E-state index contributed by atoms with van der Waals surface area (Å²) in [5.41, 5.74) is 2.70. The number of rotatable bonds is 4. The molecule has 3 aromatic rings. The molecule has 6 heteroatoms. The second kappa shape index (κ2) is 6.96. The molecule has 0 atom stereocenters. The van der Waals surface area contributed by atoms with Crippen molar-refractivity contribution in [3.63, 3.8) is 0 Å². The number of hydrogen-bond acceptors (Lipinski definition) is 4. The smallest absolute Gasteiger partial charge is 0.270 e. The topological polar surface area (TPSA) is 70.7 Å². The molecule has 0 radical (unpaired) electrons. The molecule has 1 saturated carbocycles. The van der Waals surface area contributed by atoms with Crippen LogP contribution in [-0.4, -0.2) is 27.4 Å². The van der Waals surface area contributed by atoms with Gasteiger partial charge in [0.2, 0.25) is 0 Å². The van der Waals surface area contributed by atoms with E-state index in [4.69, 9.17) is 4.98 Å². The maximum Gasteiger partial charge on any atom is 0.270 e. The Balaban J connectivity index is 1.30. The lowest BCUT2D eigenvalue weighted by Crippen LogP contribution is -2.31. The molecule has 4 rings (SSSR count). The Hall–Kier alpha value is -2.21. The number of H-pyrrole nitrogens is 1. The van der Waals surface area contributed by atoms with Gasteiger partial charge in [-0.15, -0.1) is 11.3 Å². The van der Waals surface area contributed by atoms with Crippen molar-refractivity contribution in [3.05, 3.63) is 46.2 Å². The van der Waals surface area contributed by atoms with E-state index in [1.54, 1.807) is 0 Å². The number of hydrogen-bond donors (Lipinski definition) is 2. The molecule has 0 bridgehead atoms. The lowest BCUT2D eigenvalue weighted by molar-refractivity contribution is 0.0938. The summed E-state index contributed by atoms with van der Waals surface area (Å²) >= 11 is 1.51. The van der Waals surface area contributed by atoms with Gasteiger partial charge in [0, 0.05) is 17.8 Å². The van der Waals surface area contributed by atoms with Crippen LogP contribution in [0.2, 0.25) is 0 Å². The third-order valence-electron chi connectivity index (χ3n) is 5.04. The average Bonchev–Trinajstić information content (AvgIpc) is 3.26. The van der Waals surface area contributed by atoms with Crippen LogP contribution in [0.15, 0.2) is 29.6 Å². The molecule has 1 aliphatic rings. The molecule has 0 unspecified atom stereocenters. The molecule has 0 aliphatic heterocycles. The van der Waals surface area contributed by atoms with Gasteiger partial charge >= 0.3 is 0 Å². The predicted molar refractivity (Wildman–Crippen MR) is 100.0 cm³/mol. The van der Waals surface area contributed by atoms with Crippen molar-refractivity contribution in [3.8, 4) is 0 Å². The Morgan fingerprint density at radius 3 is 2.76 bits per heavy atom. The van der Waals surface area contributed by atoms with Crippen LogP contribution in [0.1, 0.15) is 52.9 Å². The van der Waals surface area contributed by atoms with Gasteiger partial charge in [0.15, 0.2) is 0 Å². The number of carbonyl (C=O) groups is 1. The van der Waals surface area contributed by atoms with Crippen LogP contribution >= 0.6 is 11.3 Å². The number of aryl methyl sites for hydroxylation is 1. The van der Waals surface area contributed by atoms with Crippen molar-refractivity contribution in [1.82, 2.24) is 20.3 Å². The summed E-state index contributed by atoms with van der Waals surface area (Å²) in [6.45, 7) is 2.66. The third kappa shape index (κ3) is 3.58. The highest BCUT2D eigenvalue weighted by molar-refractivity contribution is 7.09. The van der Waals surface area contributed by atoms with Gasteiger partial charge in [0.25, 0.3) is 5.91 Å². The number of imidazole rings is 1. The first kappa shape index (κ1) is 16.3. The zero-order valence-corrected chi connectivity index (χ0v) is 15.1. The number of aromatic nitrogens is 3. The third-order valence-corrected chi connectivity index (χ3v) is 5.82. The van der Waals surface area contributed by atoms with Crippen LogP contribution in [0.3, 0.4) is 0 Å². The van der Waals surface area contributed by atoms with Gasteiger partial charge in [-0.3, -0.25) is 4.79 Å². The van der Waals surface area contributed by atoms with Crippen molar-refractivity contribution < 1.29 is 4.79 Å². The summed E-state index contributed by atoms with van der Waals surface area (Å²) < 4.78 is 0. The lowest BCUT2D eigenvalue weighted by Gasteiger charge is -2.27. The fourth-order valence-corrected chi connectivity index (χ4v) is 4.19. The highest BCUT2D eigenvalue weighted by Crippen LogP contribution is 2.35. The molecule has 1 aromatic carbocycles. The van der Waals surface area contributed by atoms with Gasteiger partial charge in [0.1, 0.15) is 11.5 Å². The average molecular weight is 354 g/mol. The van der Waals surface area contributed by atoms with Crippen molar-refractivity contribution in [2.45, 2.75) is 38.5 Å². The van der Waals surface area contributed by atoms with Crippen LogP contribution in [0.25, 0.3) is 11.0 Å². The zero-order valence-electron chi connectivity index (χ0n) is 14.3. The van der Waals surface area contributed by atoms with E-state index in [1.807, 2.05) is 24.4 Å². The first-order valence-corrected chi connectivity index (χ1v) is 9.72. The first-order chi connectivity index (χ1) is 12.2. The van der Waals surface area contributed by atoms with E-state index in [0.29, 0.717) is 17.5 Å². The summed E-state index contributed by atoms with van der Waals surface area (Å²) in [5, 5.41) is 5.79. The number of nitrogens with zero attached hydrogens (tertiary/aromatic N) is 2. The fraction of sp³-hybridized carbons (Fsp3) is 0.421. The summed E-state index contributed by atoms with van der Waals surface area (Å²) in [5.74, 6) is 2.11. The van der Waals surface area contributed by atoms with E-state index < -0.39 is 0 Å². The molecule has 0 spiro atoms. The summed E-state index contributed by atoms with van der Waals surface area (Å²) in [7, 11) is 0. The SMILES string of the molecule is Cc1nc(C(=O)NCC2CCC(c3nc4ccccc4[nH]3)CC2)cs1. The van der Waals surface area contributed by atoms with E-state index in [2.05, 4.69) is 27.4 Å². The highest BCUT2D eigenvalue weighted by atomic mass is 32.1. The quantitative estimate of drug-likeness (QED) is 0.743. The maximum absolute atomic E-state index is 12.1. The number of amides is 1. The van der Waals surface area contributed by atoms with Crippen LogP contribution in [0.5, 0.6) is 0 Å². The number of nitrogens with one attached hydrogen (secondary N) is 2. The molecule has 2 N–H and O–H groups in total. The van der Waals surface area contributed by atoms with Crippen molar-refractivity contribution >= 4 is 28.3 Å². The Morgan fingerprint density at radius 2 is 2.04 bits per heavy atom. The predicted octanol–water partition coefficient (Wildman–Crippen LogP) is 4.03. The minimum Gasteiger partial charge on any atom is -0.350 e. The molecule has 0 saturated heterocycles. The molecule has 25 heavy (non-hydrogen) atoms. The maximum atomic E-state index is 12.1. The largest absolute Gasteiger partial charge is 0.350 e. The Bertz CT molecular complexity index is 843. The minimum absolute atomic E-state index is 0.0521. The van der Waals surface area contributed by atoms with E-state index in [-0.39, 0.29) is 5.91 Å². The summed E-state index contributed by atoms with van der Waals surface area (Å²) in [6, 6.07) is 8.19. The molecule has 5 nitrogen and oxygen atoms in total. The van der Waals surface area contributed by atoms with Crippen LogP contribution in [0, 0.1) is 12.8 Å². The monoisotopic (exact) mass is 354 g/mol. The number of aromatic amines is 1. The molecule has 1 aliphatic carbocycles. The Kier molecular flexibility index (Phi) is 4.53. The van der Waals surface area contributed by atoms with E-state index >= 15 is 0 Å². The van der Waals surface area contributed by atoms with Crippen LogP contribution in [-0.2, 0) is 0 Å². The Morgan fingerprint density at radius 1 is 1.24 bits per heavy atom. The summed E-state index contributed by atoms with van der Waals surface area (Å²) in [4.78, 5) is 24.6. The molecule has 1 amide bonds. The van der Waals surface area contributed by atoms with Gasteiger partial charge in [-0.25, -0.2) is 9.97 Å². The van der Waals surface area contributed by atoms with Crippen LogP contribution in [0.4, 0.5) is 0 Å². The molecular formula is C19H22N4OS. The summed E-state index contributed by atoms with van der Waals surface area (Å²) in [6.07, 6.45) is 4.49. The normalized spacial score (nSPS) is 20.7. The molecule has 1 fully saturated rings. The second-order valence-corrected chi connectivity index (χ2v) is 7.88. The number of thiazole rings is 1. The lowest BCUT2D eigenvalue weighted by atomic mass is 9.81. The van der Waals surface area contributed by atoms with Crippen molar-refractivity contribution in [1.29, 1.82) is 0 Å². The fourth-order valence-electron chi connectivity index (χ4n) is 3.60. The van der Waals surface area contributed by atoms with Crippen molar-refractivity contribution in [2.24, 2.45) is 5.92 Å². The van der Waals surface area contributed by atoms with Crippen LogP contribution < -0.4 is 5.32 Å². The number of para-hydroxylation sites is 2. The molecule has 130 valence electrons. The van der Waals surface area contributed by atoms with E-state index in [0.717, 1.165) is 54.1 Å². The molecule has 2 aromatic heterocycles.